The summed E-state index contributed by atoms with van der Waals surface area (Å²) < 4.78 is 5.23. The van der Waals surface area contributed by atoms with E-state index in [9.17, 15) is 0 Å². The zero-order chi connectivity index (χ0) is 12.8. The molecule has 1 unspecified atom stereocenters. The maximum absolute atomic E-state index is 5.23. The summed E-state index contributed by atoms with van der Waals surface area (Å²) >= 11 is 0. The number of imidazole rings is 1. The molecule has 0 saturated carbocycles. The van der Waals surface area contributed by atoms with Gasteiger partial charge < -0.3 is 15.0 Å². The minimum atomic E-state index is 0.308. The summed E-state index contributed by atoms with van der Waals surface area (Å²) in [7, 11) is 1.69. The number of nitrogens with zero attached hydrogens (tertiary/aromatic N) is 1. The number of aromatic amines is 1. The molecule has 0 bridgehead atoms. The Morgan fingerprint density at radius 1 is 1.44 bits per heavy atom. The van der Waals surface area contributed by atoms with Gasteiger partial charge in [0.2, 0.25) is 0 Å². The van der Waals surface area contributed by atoms with Crippen LogP contribution in [0.5, 0.6) is 5.75 Å². The molecule has 0 radical (unpaired) electrons. The number of hydrogen-bond donors (Lipinski definition) is 2. The molecule has 96 valence electrons. The largest absolute Gasteiger partial charge is 0.497 e. The van der Waals surface area contributed by atoms with Crippen LogP contribution in [0.2, 0.25) is 0 Å². The average Bonchev–Trinajstić information content (AvgIpc) is 2.92. The van der Waals surface area contributed by atoms with Gasteiger partial charge in [0.05, 0.1) is 13.4 Å². The average molecular weight is 245 g/mol. The highest BCUT2D eigenvalue weighted by molar-refractivity contribution is 5.30. The highest BCUT2D eigenvalue weighted by atomic mass is 16.5. The van der Waals surface area contributed by atoms with Crippen molar-refractivity contribution in [3.63, 3.8) is 0 Å². The Morgan fingerprint density at radius 2 is 2.33 bits per heavy atom. The molecule has 0 amide bonds. The Labute approximate surface area is 107 Å². The fourth-order valence-corrected chi connectivity index (χ4v) is 1.87. The number of rotatable bonds is 6. The van der Waals surface area contributed by atoms with Gasteiger partial charge in [-0.05, 0) is 24.6 Å². The van der Waals surface area contributed by atoms with Gasteiger partial charge in [0.1, 0.15) is 5.75 Å². The summed E-state index contributed by atoms with van der Waals surface area (Å²) in [4.78, 5) is 7.10. The van der Waals surface area contributed by atoms with Crippen LogP contribution in [-0.4, -0.2) is 23.6 Å². The lowest BCUT2D eigenvalue weighted by Gasteiger charge is -2.14. The molecule has 1 aromatic carbocycles. The third-order valence-corrected chi connectivity index (χ3v) is 2.99. The minimum Gasteiger partial charge on any atom is -0.497 e. The lowest BCUT2D eigenvalue weighted by Crippen LogP contribution is -2.21. The molecular weight excluding hydrogens is 226 g/mol. The van der Waals surface area contributed by atoms with Gasteiger partial charge >= 0.3 is 0 Å². The first-order chi connectivity index (χ1) is 8.79. The molecule has 2 aromatic rings. The number of methoxy groups -OCH3 is 1. The van der Waals surface area contributed by atoms with E-state index in [0.717, 1.165) is 24.4 Å². The van der Waals surface area contributed by atoms with Crippen molar-refractivity contribution in [2.24, 2.45) is 0 Å². The summed E-state index contributed by atoms with van der Waals surface area (Å²) in [5, 5.41) is 3.49. The van der Waals surface area contributed by atoms with Crippen LogP contribution in [0.3, 0.4) is 0 Å². The molecule has 0 aliphatic heterocycles. The lowest BCUT2D eigenvalue weighted by molar-refractivity contribution is 0.413. The van der Waals surface area contributed by atoms with Gasteiger partial charge in [0.15, 0.2) is 0 Å². The molecule has 18 heavy (non-hydrogen) atoms. The van der Waals surface area contributed by atoms with Crippen LogP contribution in [0.4, 0.5) is 0 Å². The Kier molecular flexibility index (Phi) is 4.36. The van der Waals surface area contributed by atoms with Crippen LogP contribution < -0.4 is 10.1 Å². The van der Waals surface area contributed by atoms with Crippen molar-refractivity contribution in [3.8, 4) is 5.75 Å². The first-order valence-corrected chi connectivity index (χ1v) is 6.14. The molecule has 0 fully saturated rings. The van der Waals surface area contributed by atoms with Crippen LogP contribution in [0, 0.1) is 0 Å². The smallest absolute Gasteiger partial charge is 0.119 e. The van der Waals surface area contributed by atoms with Crippen LogP contribution in [-0.2, 0) is 6.42 Å². The number of aromatic nitrogens is 2. The van der Waals surface area contributed by atoms with E-state index in [1.54, 1.807) is 13.4 Å². The van der Waals surface area contributed by atoms with Gasteiger partial charge in [-0.15, -0.1) is 0 Å². The van der Waals surface area contributed by atoms with E-state index in [0.29, 0.717) is 6.04 Å². The summed E-state index contributed by atoms with van der Waals surface area (Å²) in [6.45, 7) is 3.07. The fourth-order valence-electron chi connectivity index (χ4n) is 1.87. The van der Waals surface area contributed by atoms with E-state index in [1.807, 2.05) is 18.3 Å². The maximum Gasteiger partial charge on any atom is 0.119 e. The number of benzene rings is 1. The van der Waals surface area contributed by atoms with E-state index in [4.69, 9.17) is 4.74 Å². The first-order valence-electron chi connectivity index (χ1n) is 6.14. The third-order valence-electron chi connectivity index (χ3n) is 2.99. The minimum absolute atomic E-state index is 0.308. The van der Waals surface area contributed by atoms with Gasteiger partial charge in [-0.3, -0.25) is 0 Å². The van der Waals surface area contributed by atoms with Crippen LogP contribution in [0.1, 0.15) is 24.2 Å². The molecule has 1 aromatic heterocycles. The van der Waals surface area contributed by atoms with E-state index < -0.39 is 0 Å². The van der Waals surface area contributed by atoms with Crippen LogP contribution >= 0.6 is 0 Å². The first kappa shape index (κ1) is 12.6. The zero-order valence-electron chi connectivity index (χ0n) is 10.8. The Balaban J connectivity index is 1.85. The van der Waals surface area contributed by atoms with E-state index >= 15 is 0 Å². The third kappa shape index (κ3) is 3.34. The van der Waals surface area contributed by atoms with Gasteiger partial charge in [0, 0.05) is 30.9 Å². The topological polar surface area (TPSA) is 49.9 Å². The normalized spacial score (nSPS) is 12.3. The van der Waals surface area contributed by atoms with Crippen LogP contribution in [0.25, 0.3) is 0 Å². The van der Waals surface area contributed by atoms with Crippen molar-refractivity contribution in [3.05, 3.63) is 48.0 Å². The van der Waals surface area contributed by atoms with Crippen molar-refractivity contribution in [1.29, 1.82) is 0 Å². The van der Waals surface area contributed by atoms with Gasteiger partial charge in [0.25, 0.3) is 0 Å². The summed E-state index contributed by atoms with van der Waals surface area (Å²) in [5.41, 5.74) is 2.39. The molecule has 2 rings (SSSR count). The molecule has 0 saturated heterocycles. The second kappa shape index (κ2) is 6.21. The monoisotopic (exact) mass is 245 g/mol. The standard InChI is InChI=1S/C14H19N3O/c1-11(12-4-3-5-14(8-12)18-2)16-7-6-13-9-15-10-17-13/h3-5,8-11,16H,6-7H2,1-2H3,(H,15,17). The number of hydrogen-bond acceptors (Lipinski definition) is 3. The van der Waals surface area contributed by atoms with Crippen molar-refractivity contribution < 1.29 is 4.74 Å². The Bertz CT molecular complexity index is 468. The molecule has 4 heteroatoms. The number of nitrogens with one attached hydrogen (secondary N) is 2. The molecule has 1 heterocycles. The summed E-state index contributed by atoms with van der Waals surface area (Å²) in [6.07, 6.45) is 4.52. The Hall–Kier alpha value is -1.81. The lowest BCUT2D eigenvalue weighted by atomic mass is 10.1. The van der Waals surface area contributed by atoms with Crippen molar-refractivity contribution in [1.82, 2.24) is 15.3 Å². The van der Waals surface area contributed by atoms with E-state index in [2.05, 4.69) is 34.3 Å². The highest BCUT2D eigenvalue weighted by Gasteiger charge is 2.05. The molecule has 0 aliphatic carbocycles. The summed E-state index contributed by atoms with van der Waals surface area (Å²) in [6, 6.07) is 8.45. The predicted molar refractivity (Wildman–Crippen MR) is 71.7 cm³/mol. The van der Waals surface area contributed by atoms with Gasteiger partial charge in [-0.1, -0.05) is 12.1 Å². The Morgan fingerprint density at radius 3 is 3.06 bits per heavy atom. The molecule has 0 aliphatic rings. The molecule has 4 nitrogen and oxygen atoms in total. The molecule has 2 N–H and O–H groups in total. The van der Waals surface area contributed by atoms with E-state index in [1.165, 1.54) is 5.56 Å². The predicted octanol–water partition coefficient (Wildman–Crippen LogP) is 2.31. The number of H-pyrrole nitrogens is 1. The molecule has 1 atom stereocenters. The number of ether oxygens (including phenoxy) is 1. The maximum atomic E-state index is 5.23. The van der Waals surface area contributed by atoms with Crippen molar-refractivity contribution in [2.75, 3.05) is 13.7 Å². The zero-order valence-corrected chi connectivity index (χ0v) is 10.8. The van der Waals surface area contributed by atoms with Crippen molar-refractivity contribution >= 4 is 0 Å². The fraction of sp³-hybridized carbons (Fsp3) is 0.357. The highest BCUT2D eigenvalue weighted by Crippen LogP contribution is 2.18. The quantitative estimate of drug-likeness (QED) is 0.821. The molecule has 0 spiro atoms. The second-order valence-electron chi connectivity index (χ2n) is 4.28. The summed E-state index contributed by atoms with van der Waals surface area (Å²) in [5.74, 6) is 0.898. The van der Waals surface area contributed by atoms with E-state index in [-0.39, 0.29) is 0 Å². The van der Waals surface area contributed by atoms with Gasteiger partial charge in [-0.2, -0.15) is 0 Å². The SMILES string of the molecule is COc1cccc(C(C)NCCc2cnc[nH]2)c1. The van der Waals surface area contributed by atoms with Gasteiger partial charge in [-0.25, -0.2) is 4.98 Å². The van der Waals surface area contributed by atoms with Crippen molar-refractivity contribution in [2.45, 2.75) is 19.4 Å². The van der Waals surface area contributed by atoms with Crippen LogP contribution in [0.15, 0.2) is 36.8 Å². The second-order valence-corrected chi connectivity index (χ2v) is 4.28. The molecular formula is C14H19N3O.